The van der Waals surface area contributed by atoms with Gasteiger partial charge in [0.05, 0.1) is 17.2 Å². The molecule has 2 amide bonds. The molecule has 0 radical (unpaired) electrons. The van der Waals surface area contributed by atoms with Crippen LogP contribution in [0.25, 0.3) is 0 Å². The fourth-order valence-electron chi connectivity index (χ4n) is 4.94. The molecule has 2 aliphatic heterocycles. The van der Waals surface area contributed by atoms with Crippen LogP contribution in [0.15, 0.2) is 29.6 Å². The smallest absolute Gasteiger partial charge is 0.330 e. The summed E-state index contributed by atoms with van der Waals surface area (Å²) in [5.41, 5.74) is 2.60. The van der Waals surface area contributed by atoms with Gasteiger partial charge in [-0.15, -0.1) is 0 Å². The number of carbonyl (C=O) groups excluding carboxylic acids is 1. The number of fused-ring (bicyclic) bond motifs is 1. The van der Waals surface area contributed by atoms with Gasteiger partial charge in [-0.2, -0.15) is 16.8 Å². The van der Waals surface area contributed by atoms with Crippen LogP contribution in [0.3, 0.4) is 0 Å². The summed E-state index contributed by atoms with van der Waals surface area (Å²) in [5, 5.41) is 0. The van der Waals surface area contributed by atoms with Gasteiger partial charge in [-0.25, -0.2) is 4.79 Å². The number of urea groups is 1. The van der Waals surface area contributed by atoms with Gasteiger partial charge in [-0.05, 0) is 58.8 Å². The number of allylic oxidation sites excluding steroid dienone is 2. The van der Waals surface area contributed by atoms with E-state index in [1.165, 1.54) is 9.80 Å². The molecule has 3 rings (SSSR count). The Balaban J connectivity index is 2.01. The number of nitrogens with zero attached hydrogens (tertiary/aromatic N) is 5. The van der Waals surface area contributed by atoms with Crippen molar-refractivity contribution >= 4 is 72.2 Å². The molecule has 0 unspecified atom stereocenters. The van der Waals surface area contributed by atoms with Crippen molar-refractivity contribution in [3.8, 4) is 0 Å². The van der Waals surface area contributed by atoms with E-state index in [9.17, 15) is 21.6 Å². The maximum Gasteiger partial charge on any atom is 0.330 e. The van der Waals surface area contributed by atoms with Crippen molar-refractivity contribution in [3.05, 3.63) is 35.3 Å². The standard InChI is InChI=1S/C24H35N5O7S4/c1-5-25-17(4)16-19-21(25)27(7-3)20(26(19)6-2)11-10-18-22(37)28(12-8-14-39(31,32)33)24(30)29(23(18)38)13-9-15-40(34,35)36/h10-11,16H,5-9,12-15H2,1-4H3,(H,31,32,33)(H,34,35,36). The first-order valence-corrected chi connectivity index (χ1v) is 16.9. The summed E-state index contributed by atoms with van der Waals surface area (Å²) < 4.78 is 65.4. The molecule has 0 bridgehead atoms. The molecule has 1 aromatic rings. The quantitative estimate of drug-likeness (QED) is 0.199. The highest BCUT2D eigenvalue weighted by molar-refractivity contribution is 7.86. The molecule has 0 spiro atoms. The van der Waals surface area contributed by atoms with Crippen molar-refractivity contribution < 1.29 is 30.7 Å². The van der Waals surface area contributed by atoms with Crippen LogP contribution in [0, 0.1) is 6.92 Å². The molecule has 1 aromatic heterocycles. The van der Waals surface area contributed by atoms with E-state index in [4.69, 9.17) is 33.5 Å². The lowest BCUT2D eigenvalue weighted by Crippen LogP contribution is -2.55. The van der Waals surface area contributed by atoms with Gasteiger partial charge in [0.15, 0.2) is 0 Å². The van der Waals surface area contributed by atoms with Crippen LogP contribution in [0.4, 0.5) is 16.3 Å². The Bertz CT molecular complexity index is 1400. The number of thiocarbonyl (C=S) groups is 2. The van der Waals surface area contributed by atoms with Crippen molar-refractivity contribution in [3.63, 3.8) is 0 Å². The third-order valence-electron chi connectivity index (χ3n) is 6.68. The molecule has 0 aromatic carbocycles. The summed E-state index contributed by atoms with van der Waals surface area (Å²) in [4.78, 5) is 20.2. The van der Waals surface area contributed by atoms with E-state index in [-0.39, 0.29) is 35.9 Å². The number of amides is 2. The third kappa shape index (κ3) is 6.91. The first-order chi connectivity index (χ1) is 18.6. The molecule has 3 heterocycles. The van der Waals surface area contributed by atoms with Gasteiger partial charge < -0.3 is 14.4 Å². The zero-order valence-corrected chi connectivity index (χ0v) is 26.2. The Morgan fingerprint density at radius 1 is 0.800 bits per heavy atom. The molecular weight excluding hydrogens is 599 g/mol. The van der Waals surface area contributed by atoms with E-state index < -0.39 is 37.8 Å². The molecule has 16 heteroatoms. The Labute approximate surface area is 246 Å². The van der Waals surface area contributed by atoms with Crippen molar-refractivity contribution in [2.75, 3.05) is 47.5 Å². The van der Waals surface area contributed by atoms with Crippen LogP contribution in [0.2, 0.25) is 0 Å². The Hall–Kier alpha value is -2.37. The highest BCUT2D eigenvalue weighted by Gasteiger charge is 2.37. The van der Waals surface area contributed by atoms with Crippen molar-refractivity contribution in [1.82, 2.24) is 14.4 Å². The number of rotatable bonds is 12. The molecule has 1 saturated heterocycles. The summed E-state index contributed by atoms with van der Waals surface area (Å²) in [6.07, 6.45) is 3.44. The van der Waals surface area contributed by atoms with E-state index in [1.54, 1.807) is 6.08 Å². The molecule has 0 atom stereocenters. The molecule has 40 heavy (non-hydrogen) atoms. The van der Waals surface area contributed by atoms with Crippen LogP contribution >= 0.6 is 24.4 Å². The average molecular weight is 634 g/mol. The molecule has 0 saturated carbocycles. The summed E-state index contributed by atoms with van der Waals surface area (Å²) in [6, 6.07) is 1.51. The van der Waals surface area contributed by atoms with E-state index in [2.05, 4.69) is 41.2 Å². The molecule has 222 valence electrons. The lowest BCUT2D eigenvalue weighted by molar-refractivity contribution is 0.197. The summed E-state index contributed by atoms with van der Waals surface area (Å²) in [6.45, 7) is 10.2. The monoisotopic (exact) mass is 633 g/mol. The SMILES string of the molecule is CCN1C(=CC=C2C(=S)N(CCCS(=O)(=O)O)C(=O)N(CCCS(=O)(=O)O)C2=S)N(CC)c2c1cc(C)n2CC. The van der Waals surface area contributed by atoms with Gasteiger partial charge >= 0.3 is 6.03 Å². The van der Waals surface area contributed by atoms with Gasteiger partial charge in [-0.1, -0.05) is 24.4 Å². The first-order valence-electron chi connectivity index (χ1n) is 12.9. The minimum absolute atomic E-state index is 0.0763. The summed E-state index contributed by atoms with van der Waals surface area (Å²) in [5.74, 6) is 0.842. The zero-order chi connectivity index (χ0) is 30.0. The number of anilines is 2. The molecule has 2 aliphatic rings. The second-order valence-corrected chi connectivity index (χ2v) is 13.2. The van der Waals surface area contributed by atoms with Gasteiger partial charge in [-0.3, -0.25) is 18.9 Å². The summed E-state index contributed by atoms with van der Waals surface area (Å²) in [7, 11) is -8.50. The Morgan fingerprint density at radius 3 is 1.73 bits per heavy atom. The van der Waals surface area contributed by atoms with Gasteiger partial charge in [0, 0.05) is 44.0 Å². The van der Waals surface area contributed by atoms with E-state index in [0.29, 0.717) is 18.7 Å². The Morgan fingerprint density at radius 2 is 1.30 bits per heavy atom. The fourth-order valence-corrected chi connectivity index (χ4v) is 6.66. The molecule has 0 aliphatic carbocycles. The highest BCUT2D eigenvalue weighted by atomic mass is 32.2. The van der Waals surface area contributed by atoms with E-state index in [0.717, 1.165) is 29.6 Å². The average Bonchev–Trinajstić information content (AvgIpc) is 3.32. The van der Waals surface area contributed by atoms with Crippen molar-refractivity contribution in [2.24, 2.45) is 0 Å². The summed E-state index contributed by atoms with van der Waals surface area (Å²) >= 11 is 11.2. The number of hydrogen-bond acceptors (Lipinski definition) is 9. The zero-order valence-electron chi connectivity index (χ0n) is 22.9. The third-order valence-corrected chi connectivity index (χ3v) is 9.17. The topological polar surface area (TPSA) is 144 Å². The van der Waals surface area contributed by atoms with Gasteiger partial charge in [0.1, 0.15) is 21.6 Å². The lowest BCUT2D eigenvalue weighted by Gasteiger charge is -2.37. The molecule has 12 nitrogen and oxygen atoms in total. The second kappa shape index (κ2) is 12.7. The predicted molar refractivity (Wildman–Crippen MR) is 163 cm³/mol. The molecule has 2 N–H and O–H groups in total. The highest BCUT2D eigenvalue weighted by Crippen LogP contribution is 2.43. The normalized spacial score (nSPS) is 17.5. The minimum atomic E-state index is -4.25. The predicted octanol–water partition coefficient (Wildman–Crippen LogP) is 3.20. The molecule has 1 fully saturated rings. The minimum Gasteiger partial charge on any atom is -0.330 e. The maximum absolute atomic E-state index is 13.3. The molecular formula is C24H35N5O7S4. The van der Waals surface area contributed by atoms with Gasteiger partial charge in [0.2, 0.25) is 0 Å². The van der Waals surface area contributed by atoms with Gasteiger partial charge in [0.25, 0.3) is 20.2 Å². The fraction of sp³-hybridized carbons (Fsp3) is 0.542. The van der Waals surface area contributed by atoms with Crippen LogP contribution < -0.4 is 9.80 Å². The van der Waals surface area contributed by atoms with Crippen LogP contribution in [0.1, 0.15) is 39.3 Å². The maximum atomic E-state index is 13.3. The van der Waals surface area contributed by atoms with Crippen LogP contribution in [-0.4, -0.2) is 94.0 Å². The Kier molecular flexibility index (Phi) is 10.2. The van der Waals surface area contributed by atoms with Crippen LogP contribution in [0.5, 0.6) is 0 Å². The largest absolute Gasteiger partial charge is 0.330 e. The van der Waals surface area contributed by atoms with Crippen molar-refractivity contribution in [2.45, 2.75) is 47.1 Å². The number of carbonyl (C=O) groups is 1. The first kappa shape index (κ1) is 32.1. The van der Waals surface area contributed by atoms with Crippen LogP contribution in [-0.2, 0) is 26.8 Å². The van der Waals surface area contributed by atoms with E-state index in [1.807, 2.05) is 13.0 Å². The van der Waals surface area contributed by atoms with E-state index >= 15 is 0 Å². The number of hydrogen-bond donors (Lipinski definition) is 2. The number of aromatic nitrogens is 1. The lowest BCUT2D eigenvalue weighted by atomic mass is 10.1. The second-order valence-electron chi connectivity index (χ2n) is 9.31. The number of aryl methyl sites for hydroxylation is 1. The van der Waals surface area contributed by atoms with Crippen molar-refractivity contribution in [1.29, 1.82) is 0 Å².